The summed E-state index contributed by atoms with van der Waals surface area (Å²) in [7, 11) is 0. The number of hydrogen-bond acceptors (Lipinski definition) is 4. The zero-order chi connectivity index (χ0) is 15.2. The number of aliphatic hydroxyl groups excluding tert-OH is 1. The smallest absolute Gasteiger partial charge is 0.257 e. The van der Waals surface area contributed by atoms with Crippen LogP contribution in [0.4, 0.5) is 5.82 Å². The zero-order valence-corrected chi connectivity index (χ0v) is 13.9. The van der Waals surface area contributed by atoms with Crippen molar-refractivity contribution in [2.75, 3.05) is 31.6 Å². The van der Waals surface area contributed by atoms with Crippen molar-refractivity contribution in [3.8, 4) is 0 Å². The lowest BCUT2D eigenvalue weighted by Gasteiger charge is -2.31. The van der Waals surface area contributed by atoms with E-state index < -0.39 is 0 Å². The summed E-state index contributed by atoms with van der Waals surface area (Å²) in [6.07, 6.45) is 4.41. The second-order valence-corrected chi connectivity index (χ2v) is 6.31. The molecule has 1 saturated heterocycles. The minimum Gasteiger partial charge on any atom is -0.396 e. The SMILES string of the molecule is CCCNc1ncc(Br)cc1C(=O)N1CCC(CO)CC1. The molecule has 21 heavy (non-hydrogen) atoms. The predicted octanol–water partition coefficient (Wildman–Crippen LogP) is 2.51. The van der Waals surface area contributed by atoms with E-state index in [2.05, 4.69) is 33.2 Å². The number of piperidine rings is 1. The van der Waals surface area contributed by atoms with Crippen LogP contribution < -0.4 is 5.32 Å². The molecule has 2 heterocycles. The maximum atomic E-state index is 12.7. The summed E-state index contributed by atoms with van der Waals surface area (Å²) >= 11 is 3.38. The lowest BCUT2D eigenvalue weighted by Crippen LogP contribution is -2.39. The Morgan fingerprint density at radius 2 is 2.24 bits per heavy atom. The highest BCUT2D eigenvalue weighted by atomic mass is 79.9. The Morgan fingerprint density at radius 1 is 1.52 bits per heavy atom. The molecular weight excluding hydrogens is 334 g/mol. The molecule has 2 N–H and O–H groups in total. The molecule has 0 radical (unpaired) electrons. The quantitative estimate of drug-likeness (QED) is 0.851. The average Bonchev–Trinajstić information content (AvgIpc) is 2.53. The van der Waals surface area contributed by atoms with E-state index in [0.717, 1.165) is 30.3 Å². The van der Waals surface area contributed by atoms with Crippen LogP contribution in [0.25, 0.3) is 0 Å². The minimum absolute atomic E-state index is 0.0128. The third-order valence-corrected chi connectivity index (χ3v) is 4.22. The summed E-state index contributed by atoms with van der Waals surface area (Å²) in [6, 6.07) is 1.82. The first kappa shape index (κ1) is 16.2. The van der Waals surface area contributed by atoms with Gasteiger partial charge in [0, 0.05) is 36.9 Å². The molecule has 0 saturated carbocycles. The van der Waals surface area contributed by atoms with E-state index in [9.17, 15) is 9.90 Å². The number of aliphatic hydroxyl groups is 1. The summed E-state index contributed by atoms with van der Waals surface area (Å²) < 4.78 is 0.804. The minimum atomic E-state index is 0.0128. The van der Waals surface area contributed by atoms with Crippen LogP contribution in [-0.2, 0) is 0 Å². The van der Waals surface area contributed by atoms with Gasteiger partial charge in [0.1, 0.15) is 5.82 Å². The van der Waals surface area contributed by atoms with Crippen molar-refractivity contribution in [2.45, 2.75) is 26.2 Å². The Morgan fingerprint density at radius 3 is 2.86 bits per heavy atom. The highest BCUT2D eigenvalue weighted by molar-refractivity contribution is 9.10. The number of halogens is 1. The summed E-state index contributed by atoms with van der Waals surface area (Å²) in [4.78, 5) is 18.9. The molecule has 0 spiro atoms. The van der Waals surface area contributed by atoms with E-state index >= 15 is 0 Å². The molecule has 0 aliphatic carbocycles. The van der Waals surface area contributed by atoms with Crippen molar-refractivity contribution in [2.24, 2.45) is 5.92 Å². The second-order valence-electron chi connectivity index (χ2n) is 5.39. The van der Waals surface area contributed by atoms with Gasteiger partial charge in [0.15, 0.2) is 0 Å². The van der Waals surface area contributed by atoms with Gasteiger partial charge in [-0.15, -0.1) is 0 Å². The fourth-order valence-corrected chi connectivity index (χ4v) is 2.81. The lowest BCUT2D eigenvalue weighted by molar-refractivity contribution is 0.0651. The zero-order valence-electron chi connectivity index (χ0n) is 12.3. The van der Waals surface area contributed by atoms with Crippen LogP contribution in [0.1, 0.15) is 36.5 Å². The van der Waals surface area contributed by atoms with Gasteiger partial charge in [0.05, 0.1) is 5.56 Å². The lowest BCUT2D eigenvalue weighted by atomic mass is 9.97. The van der Waals surface area contributed by atoms with Gasteiger partial charge in [-0.25, -0.2) is 4.98 Å². The summed E-state index contributed by atoms with van der Waals surface area (Å²) in [5, 5.41) is 12.4. The number of carbonyl (C=O) groups is 1. The molecule has 116 valence electrons. The van der Waals surface area contributed by atoms with Crippen LogP contribution in [0.2, 0.25) is 0 Å². The molecule has 1 amide bonds. The molecule has 6 heteroatoms. The van der Waals surface area contributed by atoms with Crippen LogP contribution in [0.15, 0.2) is 16.7 Å². The van der Waals surface area contributed by atoms with Gasteiger partial charge in [-0.05, 0) is 47.2 Å². The predicted molar refractivity (Wildman–Crippen MR) is 86.4 cm³/mol. The Labute approximate surface area is 133 Å². The molecule has 0 aromatic carbocycles. The van der Waals surface area contributed by atoms with Crippen molar-refractivity contribution in [3.05, 3.63) is 22.3 Å². The van der Waals surface area contributed by atoms with Crippen LogP contribution >= 0.6 is 15.9 Å². The number of carbonyl (C=O) groups excluding carboxylic acids is 1. The fraction of sp³-hybridized carbons (Fsp3) is 0.600. The number of anilines is 1. The molecule has 1 aromatic rings. The Hall–Kier alpha value is -1.14. The van der Waals surface area contributed by atoms with Crippen molar-refractivity contribution in [3.63, 3.8) is 0 Å². The van der Waals surface area contributed by atoms with Gasteiger partial charge in [-0.2, -0.15) is 0 Å². The summed E-state index contributed by atoms with van der Waals surface area (Å²) in [5.74, 6) is 0.987. The van der Waals surface area contributed by atoms with Crippen molar-refractivity contribution in [1.29, 1.82) is 0 Å². The molecule has 1 fully saturated rings. The highest BCUT2D eigenvalue weighted by Crippen LogP contribution is 2.23. The average molecular weight is 356 g/mol. The van der Waals surface area contributed by atoms with Crippen LogP contribution in [0, 0.1) is 5.92 Å². The van der Waals surface area contributed by atoms with Gasteiger partial charge < -0.3 is 15.3 Å². The Balaban J connectivity index is 2.12. The van der Waals surface area contributed by atoms with E-state index in [4.69, 9.17) is 0 Å². The van der Waals surface area contributed by atoms with E-state index in [-0.39, 0.29) is 12.5 Å². The Kier molecular flexibility index (Phi) is 5.99. The first-order chi connectivity index (χ1) is 10.2. The number of nitrogens with zero attached hydrogens (tertiary/aromatic N) is 2. The molecule has 1 aromatic heterocycles. The topological polar surface area (TPSA) is 65.5 Å². The summed E-state index contributed by atoms with van der Waals surface area (Å²) in [5.41, 5.74) is 0.611. The van der Waals surface area contributed by atoms with Gasteiger partial charge in [0.25, 0.3) is 5.91 Å². The number of amides is 1. The van der Waals surface area contributed by atoms with Crippen molar-refractivity contribution >= 4 is 27.7 Å². The van der Waals surface area contributed by atoms with Gasteiger partial charge in [-0.3, -0.25) is 4.79 Å². The largest absolute Gasteiger partial charge is 0.396 e. The number of hydrogen-bond donors (Lipinski definition) is 2. The maximum absolute atomic E-state index is 12.7. The van der Waals surface area contributed by atoms with Gasteiger partial charge in [0.2, 0.25) is 0 Å². The van der Waals surface area contributed by atoms with Crippen molar-refractivity contribution < 1.29 is 9.90 Å². The van der Waals surface area contributed by atoms with Gasteiger partial charge in [-0.1, -0.05) is 6.92 Å². The first-order valence-corrected chi connectivity index (χ1v) is 8.24. The molecule has 0 bridgehead atoms. The van der Waals surface area contributed by atoms with Crippen LogP contribution in [-0.4, -0.2) is 47.1 Å². The molecular formula is C15H22BrN3O2. The third kappa shape index (κ3) is 4.17. The van der Waals surface area contributed by atoms with E-state index in [1.54, 1.807) is 6.20 Å². The number of likely N-dealkylation sites (tertiary alicyclic amines) is 1. The second kappa shape index (κ2) is 7.75. The summed E-state index contributed by atoms with van der Waals surface area (Å²) in [6.45, 7) is 4.48. The first-order valence-electron chi connectivity index (χ1n) is 7.45. The maximum Gasteiger partial charge on any atom is 0.257 e. The molecule has 5 nitrogen and oxygen atoms in total. The fourth-order valence-electron chi connectivity index (χ4n) is 2.48. The third-order valence-electron chi connectivity index (χ3n) is 3.79. The molecule has 0 unspecified atom stereocenters. The molecule has 1 aliphatic rings. The number of nitrogens with one attached hydrogen (secondary N) is 1. The van der Waals surface area contributed by atoms with E-state index in [1.807, 2.05) is 11.0 Å². The monoisotopic (exact) mass is 355 g/mol. The van der Waals surface area contributed by atoms with Crippen LogP contribution in [0.5, 0.6) is 0 Å². The standard InChI is InChI=1S/C15H22BrN3O2/c1-2-5-17-14-13(8-12(16)9-18-14)15(21)19-6-3-11(10-20)4-7-19/h8-9,11,20H,2-7,10H2,1H3,(H,17,18). The van der Waals surface area contributed by atoms with Crippen molar-refractivity contribution in [1.82, 2.24) is 9.88 Å². The Bertz CT molecular complexity index is 488. The van der Waals surface area contributed by atoms with Gasteiger partial charge >= 0.3 is 0 Å². The molecule has 2 rings (SSSR count). The van der Waals surface area contributed by atoms with E-state index in [0.29, 0.717) is 30.4 Å². The molecule has 1 aliphatic heterocycles. The molecule has 0 atom stereocenters. The number of aromatic nitrogens is 1. The van der Waals surface area contributed by atoms with Crippen LogP contribution in [0.3, 0.4) is 0 Å². The van der Waals surface area contributed by atoms with E-state index in [1.165, 1.54) is 0 Å². The highest BCUT2D eigenvalue weighted by Gasteiger charge is 2.25. The normalized spacial score (nSPS) is 16.0. The number of rotatable bonds is 5. The number of pyridine rings is 1.